The van der Waals surface area contributed by atoms with E-state index in [0.29, 0.717) is 5.69 Å². The van der Waals surface area contributed by atoms with E-state index in [4.69, 9.17) is 11.0 Å². The zero-order chi connectivity index (χ0) is 9.97. The largest absolute Gasteiger partial charge is 0.354 e. The smallest absolute Gasteiger partial charge is 0.163 e. The van der Waals surface area contributed by atoms with Crippen LogP contribution in [0, 0.1) is 11.3 Å². The van der Waals surface area contributed by atoms with Crippen LogP contribution >= 0.6 is 0 Å². The van der Waals surface area contributed by atoms with Gasteiger partial charge in [-0.1, -0.05) is 0 Å². The van der Waals surface area contributed by atoms with Crippen molar-refractivity contribution in [3.8, 4) is 6.07 Å². The molecule has 2 rings (SSSR count). The summed E-state index contributed by atoms with van der Waals surface area (Å²) in [4.78, 5) is 2.08. The average Bonchev–Trinajstić information content (AvgIpc) is 2.65. The molecular formula is C9H11N5. The quantitative estimate of drug-likeness (QED) is 0.666. The van der Waals surface area contributed by atoms with E-state index in [1.165, 1.54) is 0 Å². The Morgan fingerprint density at radius 2 is 2.36 bits per heavy atom. The molecule has 2 N–H and O–H groups in total. The Bertz CT molecular complexity index is 352. The third kappa shape index (κ3) is 1.65. The summed E-state index contributed by atoms with van der Waals surface area (Å²) in [5, 5.41) is 16.3. The van der Waals surface area contributed by atoms with Gasteiger partial charge in [-0.25, -0.2) is 0 Å². The van der Waals surface area contributed by atoms with E-state index in [1.54, 1.807) is 6.07 Å². The van der Waals surface area contributed by atoms with Crippen molar-refractivity contribution in [1.29, 1.82) is 5.26 Å². The zero-order valence-corrected chi connectivity index (χ0v) is 7.72. The van der Waals surface area contributed by atoms with Gasteiger partial charge in [0.25, 0.3) is 0 Å². The summed E-state index contributed by atoms with van der Waals surface area (Å²) in [5.41, 5.74) is 6.12. The summed E-state index contributed by atoms with van der Waals surface area (Å²) in [7, 11) is 0. The summed E-state index contributed by atoms with van der Waals surface area (Å²) in [6.07, 6.45) is 0.988. The van der Waals surface area contributed by atoms with Gasteiger partial charge in [0.15, 0.2) is 11.5 Å². The van der Waals surface area contributed by atoms with Crippen LogP contribution in [0.2, 0.25) is 0 Å². The van der Waals surface area contributed by atoms with Gasteiger partial charge in [0.2, 0.25) is 0 Å². The summed E-state index contributed by atoms with van der Waals surface area (Å²) < 4.78 is 0. The second kappa shape index (κ2) is 3.60. The molecule has 1 atom stereocenters. The van der Waals surface area contributed by atoms with Crippen molar-refractivity contribution in [1.82, 2.24) is 10.2 Å². The van der Waals surface area contributed by atoms with Crippen molar-refractivity contribution in [3.63, 3.8) is 0 Å². The van der Waals surface area contributed by atoms with E-state index >= 15 is 0 Å². The lowest BCUT2D eigenvalue weighted by Gasteiger charge is -2.15. The molecule has 2 heterocycles. The second-order valence-electron chi connectivity index (χ2n) is 3.38. The van der Waals surface area contributed by atoms with Gasteiger partial charge in [0, 0.05) is 19.1 Å². The molecule has 1 aliphatic heterocycles. The van der Waals surface area contributed by atoms with E-state index in [0.717, 1.165) is 25.3 Å². The SMILES string of the molecule is N#Cc1ccc(N2CC[C@H](N)C2)nn1. The first kappa shape index (κ1) is 8.91. The first-order valence-corrected chi connectivity index (χ1v) is 4.54. The van der Waals surface area contributed by atoms with Gasteiger partial charge in [0.1, 0.15) is 6.07 Å². The Labute approximate surface area is 82.2 Å². The minimum Gasteiger partial charge on any atom is -0.354 e. The molecule has 1 fully saturated rings. The molecule has 72 valence electrons. The molecule has 14 heavy (non-hydrogen) atoms. The lowest BCUT2D eigenvalue weighted by atomic mass is 10.3. The van der Waals surface area contributed by atoms with Crippen molar-refractivity contribution in [3.05, 3.63) is 17.8 Å². The average molecular weight is 189 g/mol. The zero-order valence-electron chi connectivity index (χ0n) is 7.72. The van der Waals surface area contributed by atoms with E-state index in [-0.39, 0.29) is 6.04 Å². The molecule has 1 aliphatic rings. The first-order chi connectivity index (χ1) is 6.79. The van der Waals surface area contributed by atoms with Crippen LogP contribution in [0.4, 0.5) is 5.82 Å². The van der Waals surface area contributed by atoms with Crippen molar-refractivity contribution in [2.45, 2.75) is 12.5 Å². The molecule has 5 heteroatoms. The molecule has 0 radical (unpaired) electrons. The standard InChI is InChI=1S/C9H11N5/c10-5-8-1-2-9(13-12-8)14-4-3-7(11)6-14/h1-2,7H,3-4,6,11H2/t7-/m0/s1. The molecule has 0 amide bonds. The fourth-order valence-electron chi connectivity index (χ4n) is 1.55. The fraction of sp³-hybridized carbons (Fsp3) is 0.444. The number of aromatic nitrogens is 2. The predicted molar refractivity (Wildman–Crippen MR) is 51.6 cm³/mol. The minimum absolute atomic E-state index is 0.229. The van der Waals surface area contributed by atoms with E-state index < -0.39 is 0 Å². The van der Waals surface area contributed by atoms with Crippen LogP contribution in [0.3, 0.4) is 0 Å². The van der Waals surface area contributed by atoms with Gasteiger partial charge in [-0.05, 0) is 18.6 Å². The van der Waals surface area contributed by atoms with Gasteiger partial charge in [0.05, 0.1) is 0 Å². The van der Waals surface area contributed by atoms with Crippen molar-refractivity contribution >= 4 is 5.82 Å². The van der Waals surface area contributed by atoms with E-state index in [2.05, 4.69) is 15.1 Å². The van der Waals surface area contributed by atoms with E-state index in [9.17, 15) is 0 Å². The number of nitrogens with zero attached hydrogens (tertiary/aromatic N) is 4. The van der Waals surface area contributed by atoms with Crippen LogP contribution in [0.25, 0.3) is 0 Å². The second-order valence-corrected chi connectivity index (χ2v) is 3.38. The maximum atomic E-state index is 8.55. The third-order valence-corrected chi connectivity index (χ3v) is 2.31. The highest BCUT2D eigenvalue weighted by Crippen LogP contribution is 2.15. The highest BCUT2D eigenvalue weighted by atomic mass is 15.3. The first-order valence-electron chi connectivity index (χ1n) is 4.54. The molecule has 1 aromatic rings. The Kier molecular flexibility index (Phi) is 2.29. The van der Waals surface area contributed by atoms with Gasteiger partial charge in [-0.15, -0.1) is 10.2 Å². The maximum Gasteiger partial charge on any atom is 0.163 e. The van der Waals surface area contributed by atoms with Crippen molar-refractivity contribution in [2.75, 3.05) is 18.0 Å². The Hall–Kier alpha value is -1.67. The normalized spacial score (nSPS) is 20.9. The van der Waals surface area contributed by atoms with Crippen LogP contribution in [-0.4, -0.2) is 29.3 Å². The summed E-state index contributed by atoms with van der Waals surface area (Å²) >= 11 is 0. The topological polar surface area (TPSA) is 78.8 Å². The number of nitriles is 1. The Morgan fingerprint density at radius 3 is 2.86 bits per heavy atom. The Morgan fingerprint density at radius 1 is 1.50 bits per heavy atom. The lowest BCUT2D eigenvalue weighted by molar-refractivity contribution is 0.750. The van der Waals surface area contributed by atoms with Crippen LogP contribution in [0.5, 0.6) is 0 Å². The predicted octanol–water partition coefficient (Wildman–Crippen LogP) is -0.114. The molecule has 0 unspecified atom stereocenters. The van der Waals surface area contributed by atoms with Crippen LogP contribution < -0.4 is 10.6 Å². The molecular weight excluding hydrogens is 178 g/mol. The van der Waals surface area contributed by atoms with Crippen LogP contribution in [0.15, 0.2) is 12.1 Å². The maximum absolute atomic E-state index is 8.55. The summed E-state index contributed by atoms with van der Waals surface area (Å²) in [5.74, 6) is 0.803. The third-order valence-electron chi connectivity index (χ3n) is 2.31. The van der Waals surface area contributed by atoms with E-state index in [1.807, 2.05) is 12.1 Å². The molecule has 1 aromatic heterocycles. The lowest BCUT2D eigenvalue weighted by Crippen LogP contribution is -2.27. The number of hydrogen-bond acceptors (Lipinski definition) is 5. The molecule has 0 spiro atoms. The van der Waals surface area contributed by atoms with Crippen LogP contribution in [0.1, 0.15) is 12.1 Å². The number of rotatable bonds is 1. The molecule has 0 aliphatic carbocycles. The van der Waals surface area contributed by atoms with Crippen molar-refractivity contribution < 1.29 is 0 Å². The summed E-state index contributed by atoms with van der Waals surface area (Å²) in [6, 6.07) is 5.65. The molecule has 0 bridgehead atoms. The summed E-state index contributed by atoms with van der Waals surface area (Å²) in [6.45, 7) is 1.74. The molecule has 0 saturated carbocycles. The number of nitrogens with two attached hydrogens (primary N) is 1. The van der Waals surface area contributed by atoms with Gasteiger partial charge in [-0.3, -0.25) is 0 Å². The Balaban J connectivity index is 2.14. The van der Waals surface area contributed by atoms with Crippen LogP contribution in [-0.2, 0) is 0 Å². The van der Waals surface area contributed by atoms with Gasteiger partial charge in [-0.2, -0.15) is 5.26 Å². The fourth-order valence-corrected chi connectivity index (χ4v) is 1.55. The molecule has 5 nitrogen and oxygen atoms in total. The van der Waals surface area contributed by atoms with Gasteiger partial charge >= 0.3 is 0 Å². The molecule has 0 aromatic carbocycles. The number of hydrogen-bond donors (Lipinski definition) is 1. The number of anilines is 1. The highest BCUT2D eigenvalue weighted by molar-refractivity contribution is 5.40. The molecule has 1 saturated heterocycles. The monoisotopic (exact) mass is 189 g/mol. The minimum atomic E-state index is 0.229. The van der Waals surface area contributed by atoms with Gasteiger partial charge < -0.3 is 10.6 Å². The van der Waals surface area contributed by atoms with Crippen molar-refractivity contribution in [2.24, 2.45) is 5.73 Å². The highest BCUT2D eigenvalue weighted by Gasteiger charge is 2.20.